The highest BCUT2D eigenvalue weighted by atomic mass is 16.5. The molecule has 4 N–H and O–H groups in total. The van der Waals surface area contributed by atoms with Crippen LogP contribution in [0.1, 0.15) is 41.0 Å². The van der Waals surface area contributed by atoms with Crippen molar-refractivity contribution in [3.63, 3.8) is 0 Å². The zero-order chi connectivity index (χ0) is 19.7. The zero-order valence-electron chi connectivity index (χ0n) is 14.9. The first-order valence-corrected chi connectivity index (χ1v) is 8.73. The van der Waals surface area contributed by atoms with Crippen LogP contribution in [0.3, 0.4) is 0 Å². The molecule has 0 amide bonds. The predicted octanol–water partition coefficient (Wildman–Crippen LogP) is 1.46. The van der Waals surface area contributed by atoms with Gasteiger partial charge < -0.3 is 25.2 Å². The van der Waals surface area contributed by atoms with Crippen LogP contribution in [0.2, 0.25) is 0 Å². The lowest BCUT2D eigenvalue weighted by molar-refractivity contribution is -0.0624. The molecule has 0 radical (unpaired) electrons. The van der Waals surface area contributed by atoms with Gasteiger partial charge in [-0.2, -0.15) is 0 Å². The quantitative estimate of drug-likeness (QED) is 0.550. The van der Waals surface area contributed by atoms with E-state index in [-0.39, 0.29) is 47.2 Å². The van der Waals surface area contributed by atoms with Crippen LogP contribution < -0.4 is 0 Å². The maximum atomic E-state index is 13.2. The lowest BCUT2D eigenvalue weighted by Crippen LogP contribution is -2.50. The number of hydrogen-bond acceptors (Lipinski definition) is 7. The van der Waals surface area contributed by atoms with E-state index in [4.69, 9.17) is 4.74 Å². The van der Waals surface area contributed by atoms with Crippen molar-refractivity contribution in [2.24, 2.45) is 11.8 Å². The van der Waals surface area contributed by atoms with Gasteiger partial charge in [0.1, 0.15) is 17.1 Å². The number of rotatable bonds is 1. The summed E-state index contributed by atoms with van der Waals surface area (Å²) in [7, 11) is 0. The summed E-state index contributed by atoms with van der Waals surface area (Å²) in [6, 6.07) is 2.16. The van der Waals surface area contributed by atoms with Crippen molar-refractivity contribution in [1.29, 1.82) is 0 Å². The molecular formula is C20H20O7. The molecule has 1 aromatic rings. The third-order valence-corrected chi connectivity index (χ3v) is 5.78. The molecule has 0 bridgehead atoms. The molecule has 4 rings (SSSR count). The van der Waals surface area contributed by atoms with Crippen LogP contribution in [0.4, 0.5) is 0 Å². The molecule has 0 unspecified atom stereocenters. The summed E-state index contributed by atoms with van der Waals surface area (Å²) in [6.07, 6.45) is 1.06. The minimum atomic E-state index is -0.851. The van der Waals surface area contributed by atoms with Crippen molar-refractivity contribution in [2.75, 3.05) is 6.61 Å². The van der Waals surface area contributed by atoms with E-state index >= 15 is 0 Å². The maximum absolute atomic E-state index is 13.2. The topological polar surface area (TPSA) is 124 Å². The number of Topliss-reactive ketones (excluding diaryl/α,β-unsaturated/α-hetero) is 2. The van der Waals surface area contributed by atoms with Gasteiger partial charge in [-0.05, 0) is 31.9 Å². The van der Waals surface area contributed by atoms with Gasteiger partial charge >= 0.3 is 0 Å². The highest BCUT2D eigenvalue weighted by Gasteiger charge is 2.52. The van der Waals surface area contributed by atoms with Gasteiger partial charge in [-0.25, -0.2) is 0 Å². The number of phenols is 2. The largest absolute Gasteiger partial charge is 0.508 e. The van der Waals surface area contributed by atoms with E-state index in [0.717, 1.165) is 12.1 Å². The number of ketones is 2. The van der Waals surface area contributed by atoms with E-state index in [1.165, 1.54) is 0 Å². The lowest BCUT2D eigenvalue weighted by atomic mass is 9.64. The molecule has 7 heteroatoms. The smallest absolute Gasteiger partial charge is 0.232 e. The van der Waals surface area contributed by atoms with Crippen molar-refractivity contribution in [2.45, 2.75) is 32.0 Å². The normalized spacial score (nSPS) is 28.7. The number of allylic oxidation sites excluding steroid dienone is 3. The lowest BCUT2D eigenvalue weighted by Gasteiger charge is -2.48. The zero-order valence-corrected chi connectivity index (χ0v) is 14.9. The predicted molar refractivity (Wildman–Crippen MR) is 93.4 cm³/mol. The summed E-state index contributed by atoms with van der Waals surface area (Å²) in [6.45, 7) is 3.21. The highest BCUT2D eigenvalue weighted by Crippen LogP contribution is 2.51. The van der Waals surface area contributed by atoms with E-state index in [1.807, 2.05) is 0 Å². The van der Waals surface area contributed by atoms with Gasteiger partial charge in [0, 0.05) is 23.5 Å². The summed E-state index contributed by atoms with van der Waals surface area (Å²) < 4.78 is 5.92. The van der Waals surface area contributed by atoms with Gasteiger partial charge in [-0.3, -0.25) is 9.59 Å². The van der Waals surface area contributed by atoms with E-state index < -0.39 is 34.9 Å². The summed E-state index contributed by atoms with van der Waals surface area (Å²) in [5.74, 6) is -2.87. The summed E-state index contributed by atoms with van der Waals surface area (Å²) >= 11 is 0. The molecule has 0 saturated carbocycles. The Kier molecular flexibility index (Phi) is 3.73. The standard InChI is InChI=1S/C20H20O7/c1-20(2)12-6-13(23)8(7-21)3-10(12)16-17(25)11-4-9(22)5-14(24)15(11)18(26)19(16)27-20/h3-5,10,12-13,21-24H,6-7H2,1-2H3/t10-,12-,13-/m0/s1. The van der Waals surface area contributed by atoms with Gasteiger partial charge in [0.25, 0.3) is 0 Å². The molecule has 0 fully saturated rings. The number of aliphatic hydroxyl groups is 2. The Bertz CT molecular complexity index is 938. The third-order valence-electron chi connectivity index (χ3n) is 5.78. The van der Waals surface area contributed by atoms with E-state index in [0.29, 0.717) is 5.57 Å². The number of ether oxygens (including phenoxy) is 1. The number of aliphatic hydroxyl groups excluding tert-OH is 2. The average molecular weight is 372 g/mol. The fourth-order valence-electron chi connectivity index (χ4n) is 4.41. The number of carbonyl (C=O) groups is 2. The second kappa shape index (κ2) is 5.68. The van der Waals surface area contributed by atoms with Gasteiger partial charge in [0.15, 0.2) is 11.5 Å². The SMILES string of the molecule is CC1(C)OC2=C(C(=O)c3cc(O)cc(O)c3C2=O)[C@H]2C=C(CO)[C@@H](O)C[C@@H]21. The number of aromatic hydroxyl groups is 2. The second-order valence-electron chi connectivity index (χ2n) is 7.78. The number of phenolic OH excluding ortho intramolecular Hbond substituents is 2. The van der Waals surface area contributed by atoms with Crippen LogP contribution in [0.5, 0.6) is 11.5 Å². The molecule has 3 atom stereocenters. The first-order valence-electron chi connectivity index (χ1n) is 8.73. The van der Waals surface area contributed by atoms with Crippen molar-refractivity contribution >= 4 is 11.6 Å². The second-order valence-corrected chi connectivity index (χ2v) is 7.78. The molecule has 1 aromatic carbocycles. The Hall–Kier alpha value is -2.64. The molecule has 2 aliphatic carbocycles. The fraction of sp³-hybridized carbons (Fsp3) is 0.400. The van der Waals surface area contributed by atoms with Crippen molar-refractivity contribution in [1.82, 2.24) is 0 Å². The van der Waals surface area contributed by atoms with Gasteiger partial charge in [0.2, 0.25) is 5.78 Å². The van der Waals surface area contributed by atoms with Crippen molar-refractivity contribution in [3.8, 4) is 11.5 Å². The molecule has 0 saturated heterocycles. The van der Waals surface area contributed by atoms with Crippen LogP contribution in [0, 0.1) is 11.8 Å². The Morgan fingerprint density at radius 3 is 2.56 bits per heavy atom. The summed E-state index contributed by atoms with van der Waals surface area (Å²) in [5, 5.41) is 39.7. The minimum absolute atomic E-state index is 0.0802. The Morgan fingerprint density at radius 2 is 1.89 bits per heavy atom. The van der Waals surface area contributed by atoms with Gasteiger partial charge in [-0.15, -0.1) is 0 Å². The van der Waals surface area contributed by atoms with Crippen molar-refractivity contribution in [3.05, 3.63) is 46.2 Å². The Labute approximate surface area is 155 Å². The third kappa shape index (κ3) is 2.42. The number of hydrogen-bond donors (Lipinski definition) is 4. The first-order chi connectivity index (χ1) is 12.7. The van der Waals surface area contributed by atoms with Gasteiger partial charge in [-0.1, -0.05) is 6.08 Å². The van der Waals surface area contributed by atoms with E-state index in [1.54, 1.807) is 19.9 Å². The maximum Gasteiger partial charge on any atom is 0.232 e. The molecule has 0 spiro atoms. The Balaban J connectivity index is 1.95. The molecule has 7 nitrogen and oxygen atoms in total. The molecule has 1 aliphatic heterocycles. The molecule has 0 aromatic heterocycles. The fourth-order valence-corrected chi connectivity index (χ4v) is 4.41. The van der Waals surface area contributed by atoms with E-state index in [2.05, 4.69) is 0 Å². The Morgan fingerprint density at radius 1 is 1.19 bits per heavy atom. The number of fused-ring (bicyclic) bond motifs is 3. The van der Waals surface area contributed by atoms with Crippen LogP contribution in [-0.2, 0) is 4.74 Å². The molecule has 27 heavy (non-hydrogen) atoms. The molecule has 1 heterocycles. The molecular weight excluding hydrogens is 352 g/mol. The van der Waals surface area contributed by atoms with Crippen LogP contribution in [0.25, 0.3) is 0 Å². The van der Waals surface area contributed by atoms with Crippen LogP contribution in [0.15, 0.2) is 35.1 Å². The summed E-state index contributed by atoms with van der Waals surface area (Å²) in [4.78, 5) is 26.2. The molecule has 3 aliphatic rings. The van der Waals surface area contributed by atoms with Crippen LogP contribution in [-0.4, -0.2) is 50.3 Å². The number of benzene rings is 1. The van der Waals surface area contributed by atoms with Crippen LogP contribution >= 0.6 is 0 Å². The van der Waals surface area contributed by atoms with E-state index in [9.17, 15) is 30.0 Å². The van der Waals surface area contributed by atoms with Gasteiger partial charge in [0.05, 0.1) is 23.8 Å². The first kappa shape index (κ1) is 17.8. The average Bonchev–Trinajstić information content (AvgIpc) is 2.58. The van der Waals surface area contributed by atoms with Crippen molar-refractivity contribution < 1.29 is 34.8 Å². The number of carbonyl (C=O) groups excluding carboxylic acids is 2. The monoisotopic (exact) mass is 372 g/mol. The summed E-state index contributed by atoms with van der Waals surface area (Å²) in [5.41, 5.74) is -0.580. The molecule has 142 valence electrons. The highest BCUT2D eigenvalue weighted by molar-refractivity contribution is 6.27. The minimum Gasteiger partial charge on any atom is -0.508 e.